The van der Waals surface area contributed by atoms with Gasteiger partial charge in [-0.1, -0.05) is 36.8 Å². The number of amides is 1. The molecule has 0 saturated carbocycles. The number of nitrogens with zero attached hydrogens (tertiary/aromatic N) is 4. The summed E-state index contributed by atoms with van der Waals surface area (Å²) in [6.07, 6.45) is 8.86. The summed E-state index contributed by atoms with van der Waals surface area (Å²) in [7, 11) is 0. The third-order valence-corrected chi connectivity index (χ3v) is 7.16. The molecule has 6 nitrogen and oxygen atoms in total. The lowest BCUT2D eigenvalue weighted by Crippen LogP contribution is -2.40. The van der Waals surface area contributed by atoms with Gasteiger partial charge in [0.25, 0.3) is 0 Å². The molecule has 32 heavy (non-hydrogen) atoms. The number of aryl methyl sites for hydroxylation is 1. The highest BCUT2D eigenvalue weighted by molar-refractivity contribution is 6.08. The molecule has 164 valence electrons. The fourth-order valence-electron chi connectivity index (χ4n) is 5.50. The Morgan fingerprint density at radius 3 is 2.94 bits per heavy atom. The van der Waals surface area contributed by atoms with Crippen molar-refractivity contribution in [3.05, 3.63) is 59.9 Å². The summed E-state index contributed by atoms with van der Waals surface area (Å²) in [4.78, 5) is 15.4. The van der Waals surface area contributed by atoms with Crippen LogP contribution in [-0.2, 0) is 24.2 Å². The monoisotopic (exact) mass is 428 g/mol. The number of likely N-dealkylation sites (tertiary alicyclic amines) is 1. The van der Waals surface area contributed by atoms with Gasteiger partial charge in [0.1, 0.15) is 17.2 Å². The van der Waals surface area contributed by atoms with E-state index < -0.39 is 0 Å². The molecule has 2 aliphatic rings. The van der Waals surface area contributed by atoms with Gasteiger partial charge in [-0.25, -0.2) is 0 Å². The predicted molar refractivity (Wildman–Crippen MR) is 124 cm³/mol. The minimum Gasteiger partial charge on any atom is -0.464 e. The van der Waals surface area contributed by atoms with Crippen molar-refractivity contribution in [1.82, 2.24) is 19.7 Å². The SMILES string of the molecule is O=C(Cc1coc2ccc3ccccc3c12)N1CCCC(c2nnc3n2CCCCC3)C1. The molecule has 2 aromatic heterocycles. The van der Waals surface area contributed by atoms with E-state index in [-0.39, 0.29) is 11.8 Å². The molecule has 4 aromatic rings. The summed E-state index contributed by atoms with van der Waals surface area (Å²) in [5.74, 6) is 2.65. The molecule has 1 atom stereocenters. The molecule has 1 unspecified atom stereocenters. The van der Waals surface area contributed by atoms with Crippen molar-refractivity contribution in [2.24, 2.45) is 0 Å². The van der Waals surface area contributed by atoms with Crippen LogP contribution in [0.15, 0.2) is 47.1 Å². The molecule has 0 N–H and O–H groups in total. The number of hydrogen-bond donors (Lipinski definition) is 0. The highest BCUT2D eigenvalue weighted by Gasteiger charge is 2.30. The first-order valence-electron chi connectivity index (χ1n) is 11.9. The molecule has 6 heteroatoms. The van der Waals surface area contributed by atoms with Crippen LogP contribution in [0.5, 0.6) is 0 Å². The predicted octanol–water partition coefficient (Wildman–Crippen LogP) is 4.85. The first-order chi connectivity index (χ1) is 15.8. The lowest BCUT2D eigenvalue weighted by Gasteiger charge is -2.32. The maximum absolute atomic E-state index is 13.3. The molecule has 4 heterocycles. The highest BCUT2D eigenvalue weighted by atomic mass is 16.3. The Balaban J connectivity index is 1.24. The zero-order valence-electron chi connectivity index (χ0n) is 18.3. The zero-order valence-corrected chi connectivity index (χ0v) is 18.3. The van der Waals surface area contributed by atoms with Crippen LogP contribution in [0.25, 0.3) is 21.7 Å². The third kappa shape index (κ3) is 3.38. The van der Waals surface area contributed by atoms with Crippen molar-refractivity contribution < 1.29 is 9.21 Å². The number of carbonyl (C=O) groups is 1. The van der Waals surface area contributed by atoms with Crippen LogP contribution in [0.4, 0.5) is 0 Å². The van der Waals surface area contributed by atoms with Crippen molar-refractivity contribution in [1.29, 1.82) is 0 Å². The van der Waals surface area contributed by atoms with E-state index in [0.29, 0.717) is 6.42 Å². The normalized spacial score (nSPS) is 19.2. The van der Waals surface area contributed by atoms with Gasteiger partial charge < -0.3 is 13.9 Å². The number of piperidine rings is 1. The number of hydrogen-bond acceptors (Lipinski definition) is 4. The molecule has 6 rings (SSSR count). The van der Waals surface area contributed by atoms with Crippen molar-refractivity contribution in [2.75, 3.05) is 13.1 Å². The van der Waals surface area contributed by atoms with E-state index in [1.165, 1.54) is 24.6 Å². The van der Waals surface area contributed by atoms with Crippen molar-refractivity contribution >= 4 is 27.6 Å². The molecule has 0 bridgehead atoms. The number of rotatable bonds is 3. The summed E-state index contributed by atoms with van der Waals surface area (Å²) in [5, 5.41) is 12.4. The number of carbonyl (C=O) groups excluding carboxylic acids is 1. The standard InChI is InChI=1S/C26H28N4O2/c31-24(15-20-17-32-22-12-11-18-7-3-4-9-21(18)25(20)22)29-13-6-8-19(16-29)26-28-27-23-10-2-1-5-14-30(23)26/h3-4,7,9,11-12,17,19H,1-2,5-6,8,10,13-16H2. The van der Waals surface area contributed by atoms with Gasteiger partial charge in [-0.3, -0.25) is 4.79 Å². The van der Waals surface area contributed by atoms with Crippen LogP contribution in [0, 0.1) is 0 Å². The fourth-order valence-corrected chi connectivity index (χ4v) is 5.50. The quantitative estimate of drug-likeness (QED) is 0.468. The van der Waals surface area contributed by atoms with Gasteiger partial charge in [0.05, 0.1) is 12.7 Å². The van der Waals surface area contributed by atoms with Gasteiger partial charge in [0, 0.05) is 42.9 Å². The van der Waals surface area contributed by atoms with Crippen LogP contribution < -0.4 is 0 Å². The summed E-state index contributed by atoms with van der Waals surface area (Å²) < 4.78 is 8.14. The third-order valence-electron chi connectivity index (χ3n) is 7.16. The molecule has 1 saturated heterocycles. The van der Waals surface area contributed by atoms with E-state index in [9.17, 15) is 4.79 Å². The van der Waals surface area contributed by atoms with Crippen molar-refractivity contribution in [2.45, 2.75) is 57.4 Å². The Labute approximate surface area is 187 Å². The largest absolute Gasteiger partial charge is 0.464 e. The van der Waals surface area contributed by atoms with Gasteiger partial charge in [-0.15, -0.1) is 10.2 Å². The van der Waals surface area contributed by atoms with E-state index in [1.807, 2.05) is 23.1 Å². The van der Waals surface area contributed by atoms with E-state index in [4.69, 9.17) is 4.42 Å². The molecule has 0 radical (unpaired) electrons. The van der Waals surface area contributed by atoms with Gasteiger partial charge in [-0.05, 0) is 42.5 Å². The van der Waals surface area contributed by atoms with Crippen LogP contribution in [0.3, 0.4) is 0 Å². The Morgan fingerprint density at radius 2 is 1.97 bits per heavy atom. The number of aromatic nitrogens is 3. The second-order valence-electron chi connectivity index (χ2n) is 9.21. The minimum atomic E-state index is 0.168. The van der Waals surface area contributed by atoms with Gasteiger partial charge in [0.2, 0.25) is 5.91 Å². The first kappa shape index (κ1) is 19.5. The second-order valence-corrected chi connectivity index (χ2v) is 9.21. The van der Waals surface area contributed by atoms with Gasteiger partial charge in [0.15, 0.2) is 0 Å². The average molecular weight is 429 g/mol. The van der Waals surface area contributed by atoms with E-state index in [1.54, 1.807) is 6.26 Å². The van der Waals surface area contributed by atoms with Crippen LogP contribution in [0.2, 0.25) is 0 Å². The summed E-state index contributed by atoms with van der Waals surface area (Å²) >= 11 is 0. The lowest BCUT2D eigenvalue weighted by atomic mass is 9.96. The lowest BCUT2D eigenvalue weighted by molar-refractivity contribution is -0.131. The maximum Gasteiger partial charge on any atom is 0.227 e. The highest BCUT2D eigenvalue weighted by Crippen LogP contribution is 2.32. The Bertz CT molecular complexity index is 1290. The van der Waals surface area contributed by atoms with Crippen LogP contribution in [0.1, 0.15) is 55.2 Å². The minimum absolute atomic E-state index is 0.168. The Kier molecular flexibility index (Phi) is 4.93. The first-order valence-corrected chi connectivity index (χ1v) is 11.9. The molecule has 1 amide bonds. The van der Waals surface area contributed by atoms with Crippen molar-refractivity contribution in [3.8, 4) is 0 Å². The molecular weight excluding hydrogens is 400 g/mol. The molecule has 1 fully saturated rings. The zero-order chi connectivity index (χ0) is 21.5. The van der Waals surface area contributed by atoms with Crippen molar-refractivity contribution in [3.63, 3.8) is 0 Å². The number of furan rings is 1. The molecular formula is C26H28N4O2. The second kappa shape index (κ2) is 8.08. The Morgan fingerprint density at radius 1 is 1.03 bits per heavy atom. The fraction of sp³-hybridized carbons (Fsp3) is 0.423. The summed E-state index contributed by atoms with van der Waals surface area (Å²) in [5.41, 5.74) is 1.81. The topological polar surface area (TPSA) is 64.2 Å². The number of fused-ring (bicyclic) bond motifs is 4. The Hall–Kier alpha value is -3.15. The summed E-state index contributed by atoms with van der Waals surface area (Å²) in [6, 6.07) is 12.4. The molecule has 0 aliphatic carbocycles. The van der Waals surface area contributed by atoms with Gasteiger partial charge >= 0.3 is 0 Å². The van der Waals surface area contributed by atoms with E-state index >= 15 is 0 Å². The van der Waals surface area contributed by atoms with Crippen LogP contribution in [-0.4, -0.2) is 38.7 Å². The molecule has 2 aliphatic heterocycles. The average Bonchev–Trinajstić information content (AvgIpc) is 3.36. The van der Waals surface area contributed by atoms with E-state index in [2.05, 4.69) is 33.0 Å². The number of benzene rings is 2. The molecule has 2 aromatic carbocycles. The van der Waals surface area contributed by atoms with E-state index in [0.717, 1.165) is 72.5 Å². The van der Waals surface area contributed by atoms with Gasteiger partial charge in [-0.2, -0.15) is 0 Å². The maximum atomic E-state index is 13.3. The summed E-state index contributed by atoms with van der Waals surface area (Å²) in [6.45, 7) is 2.55. The smallest absolute Gasteiger partial charge is 0.227 e. The van der Waals surface area contributed by atoms with Crippen LogP contribution >= 0.6 is 0 Å². The molecule has 0 spiro atoms.